The smallest absolute Gasteiger partial charge is 0.0250 e. The Morgan fingerprint density at radius 2 is 1.17 bits per heavy atom. The Morgan fingerprint density at radius 1 is 0.667 bits per heavy atom. The predicted octanol–water partition coefficient (Wildman–Crippen LogP) is 7.57. The molecule has 0 heterocycles. The van der Waals surface area contributed by atoms with Crippen LogP contribution in [0.4, 0.5) is 0 Å². The van der Waals surface area contributed by atoms with Crippen molar-refractivity contribution < 1.29 is 0 Å². The summed E-state index contributed by atoms with van der Waals surface area (Å²) in [5.74, 6) is 3.02. The molecular weight excluding hydrogens is 288 g/mol. The quantitative estimate of drug-likeness (QED) is 0.462. The summed E-state index contributed by atoms with van der Waals surface area (Å²) < 4.78 is 0. The van der Waals surface area contributed by atoms with Crippen LogP contribution in [-0.2, 0) is 6.42 Å². The SMILES string of the molecule is c1ccc(CC(CCC2CCCCC2)CCC2CCCCC2)cc1. The van der Waals surface area contributed by atoms with E-state index >= 15 is 0 Å². The molecular formula is C24H38. The molecule has 0 unspecified atom stereocenters. The Hall–Kier alpha value is -0.780. The van der Waals surface area contributed by atoms with Crippen molar-refractivity contribution in [2.75, 3.05) is 0 Å². The van der Waals surface area contributed by atoms with Crippen LogP contribution in [0.15, 0.2) is 30.3 Å². The molecule has 0 radical (unpaired) electrons. The molecule has 0 aromatic heterocycles. The maximum Gasteiger partial charge on any atom is -0.0250 e. The van der Waals surface area contributed by atoms with Gasteiger partial charge in [-0.1, -0.05) is 107 Å². The molecule has 1 aromatic rings. The van der Waals surface area contributed by atoms with Crippen molar-refractivity contribution in [1.29, 1.82) is 0 Å². The average molecular weight is 327 g/mol. The maximum absolute atomic E-state index is 2.34. The number of benzene rings is 1. The highest BCUT2D eigenvalue weighted by atomic mass is 14.2. The molecule has 134 valence electrons. The van der Waals surface area contributed by atoms with E-state index in [1.54, 1.807) is 5.56 Å². The van der Waals surface area contributed by atoms with Gasteiger partial charge in [-0.2, -0.15) is 0 Å². The Balaban J connectivity index is 1.48. The molecule has 2 aliphatic carbocycles. The molecule has 2 fully saturated rings. The summed E-state index contributed by atoms with van der Waals surface area (Å²) in [6, 6.07) is 11.3. The van der Waals surface area contributed by atoms with Gasteiger partial charge in [0.2, 0.25) is 0 Å². The van der Waals surface area contributed by atoms with E-state index in [0.717, 1.165) is 17.8 Å². The summed E-state index contributed by atoms with van der Waals surface area (Å²) in [5, 5.41) is 0. The lowest BCUT2D eigenvalue weighted by Gasteiger charge is -2.27. The molecule has 0 atom stereocenters. The third kappa shape index (κ3) is 6.26. The summed E-state index contributed by atoms with van der Waals surface area (Å²) in [7, 11) is 0. The van der Waals surface area contributed by atoms with Crippen LogP contribution >= 0.6 is 0 Å². The first-order valence-corrected chi connectivity index (χ1v) is 10.9. The molecule has 0 spiro atoms. The molecule has 24 heavy (non-hydrogen) atoms. The van der Waals surface area contributed by atoms with E-state index in [-0.39, 0.29) is 0 Å². The normalized spacial score (nSPS) is 20.5. The molecule has 0 amide bonds. The second kappa shape index (κ2) is 10.3. The van der Waals surface area contributed by atoms with Crippen LogP contribution in [0, 0.1) is 17.8 Å². The van der Waals surface area contributed by atoms with Crippen molar-refractivity contribution in [3.63, 3.8) is 0 Å². The first kappa shape index (κ1) is 18.0. The standard InChI is InChI=1S/C24H38/c1-4-10-21(11-5-1)16-18-24(20-23-14-8-3-9-15-23)19-17-22-12-6-2-7-13-22/h3,8-9,14-15,21-22,24H,1-2,4-7,10-13,16-20H2. The molecule has 3 rings (SSSR count). The van der Waals surface area contributed by atoms with Gasteiger partial charge in [0.1, 0.15) is 0 Å². The Morgan fingerprint density at radius 3 is 1.67 bits per heavy atom. The van der Waals surface area contributed by atoms with Gasteiger partial charge in [0.25, 0.3) is 0 Å². The lowest BCUT2D eigenvalue weighted by atomic mass is 9.79. The topological polar surface area (TPSA) is 0 Å². The number of rotatable bonds is 8. The fourth-order valence-electron chi connectivity index (χ4n) is 5.19. The third-order valence-electron chi connectivity index (χ3n) is 6.78. The summed E-state index contributed by atoms with van der Waals surface area (Å²) in [4.78, 5) is 0. The summed E-state index contributed by atoms with van der Waals surface area (Å²) in [6.45, 7) is 0. The number of hydrogen-bond donors (Lipinski definition) is 0. The van der Waals surface area contributed by atoms with Crippen molar-refractivity contribution >= 4 is 0 Å². The second-order valence-corrected chi connectivity index (χ2v) is 8.72. The minimum Gasteiger partial charge on any atom is -0.0622 e. The Kier molecular flexibility index (Phi) is 7.71. The van der Waals surface area contributed by atoms with Crippen molar-refractivity contribution in [2.24, 2.45) is 17.8 Å². The minimum absolute atomic E-state index is 0.927. The molecule has 0 nitrogen and oxygen atoms in total. The van der Waals surface area contributed by atoms with Crippen LogP contribution in [0.25, 0.3) is 0 Å². The van der Waals surface area contributed by atoms with Gasteiger partial charge in [0.05, 0.1) is 0 Å². The zero-order chi connectivity index (χ0) is 16.5. The molecule has 0 heteroatoms. The third-order valence-corrected chi connectivity index (χ3v) is 6.78. The van der Waals surface area contributed by atoms with E-state index in [2.05, 4.69) is 30.3 Å². The van der Waals surface area contributed by atoms with Gasteiger partial charge in [-0.3, -0.25) is 0 Å². The molecule has 0 aliphatic heterocycles. The van der Waals surface area contributed by atoms with Gasteiger partial charge in [-0.25, -0.2) is 0 Å². The van der Waals surface area contributed by atoms with E-state index in [9.17, 15) is 0 Å². The summed E-state index contributed by atoms with van der Waals surface area (Å²) in [5.41, 5.74) is 1.56. The highest BCUT2D eigenvalue weighted by molar-refractivity contribution is 5.15. The first-order chi connectivity index (χ1) is 11.9. The molecule has 0 bridgehead atoms. The van der Waals surface area contributed by atoms with Gasteiger partial charge in [-0.15, -0.1) is 0 Å². The summed E-state index contributed by atoms with van der Waals surface area (Å²) in [6.07, 6.45) is 22.3. The van der Waals surface area contributed by atoms with E-state index in [1.165, 1.54) is 96.3 Å². The van der Waals surface area contributed by atoms with Crippen molar-refractivity contribution in [1.82, 2.24) is 0 Å². The van der Waals surface area contributed by atoms with E-state index in [1.807, 2.05) is 0 Å². The molecule has 0 saturated heterocycles. The zero-order valence-corrected chi connectivity index (χ0v) is 15.7. The van der Waals surface area contributed by atoms with E-state index in [4.69, 9.17) is 0 Å². The molecule has 1 aromatic carbocycles. The molecule has 2 saturated carbocycles. The van der Waals surface area contributed by atoms with E-state index < -0.39 is 0 Å². The van der Waals surface area contributed by atoms with Crippen molar-refractivity contribution in [3.05, 3.63) is 35.9 Å². The lowest BCUT2D eigenvalue weighted by molar-refractivity contribution is 0.273. The number of hydrogen-bond acceptors (Lipinski definition) is 0. The van der Waals surface area contributed by atoms with Gasteiger partial charge in [0, 0.05) is 0 Å². The fourth-order valence-corrected chi connectivity index (χ4v) is 5.19. The van der Waals surface area contributed by atoms with Crippen molar-refractivity contribution in [3.8, 4) is 0 Å². The van der Waals surface area contributed by atoms with Crippen LogP contribution in [0.2, 0.25) is 0 Å². The average Bonchev–Trinajstić information content (AvgIpc) is 2.66. The fraction of sp³-hybridized carbons (Fsp3) is 0.750. The van der Waals surface area contributed by atoms with Crippen molar-refractivity contribution in [2.45, 2.75) is 96.3 Å². The largest absolute Gasteiger partial charge is 0.0622 e. The highest BCUT2D eigenvalue weighted by Crippen LogP contribution is 2.33. The Labute approximate surface area is 150 Å². The maximum atomic E-state index is 2.34. The molecule has 0 N–H and O–H groups in total. The van der Waals surface area contributed by atoms with Gasteiger partial charge < -0.3 is 0 Å². The highest BCUT2D eigenvalue weighted by Gasteiger charge is 2.19. The van der Waals surface area contributed by atoms with Gasteiger partial charge in [0.15, 0.2) is 0 Å². The predicted molar refractivity (Wildman–Crippen MR) is 105 cm³/mol. The minimum atomic E-state index is 0.927. The van der Waals surface area contributed by atoms with Crippen LogP contribution < -0.4 is 0 Å². The summed E-state index contributed by atoms with van der Waals surface area (Å²) >= 11 is 0. The lowest BCUT2D eigenvalue weighted by Crippen LogP contribution is -2.13. The van der Waals surface area contributed by atoms with Gasteiger partial charge in [-0.05, 0) is 42.6 Å². The Bertz CT molecular complexity index is 401. The molecule has 2 aliphatic rings. The first-order valence-electron chi connectivity index (χ1n) is 10.9. The van der Waals surface area contributed by atoms with Gasteiger partial charge >= 0.3 is 0 Å². The van der Waals surface area contributed by atoms with Crippen LogP contribution in [0.3, 0.4) is 0 Å². The van der Waals surface area contributed by atoms with Crippen LogP contribution in [0.5, 0.6) is 0 Å². The van der Waals surface area contributed by atoms with E-state index in [0.29, 0.717) is 0 Å². The zero-order valence-electron chi connectivity index (χ0n) is 15.7. The monoisotopic (exact) mass is 326 g/mol. The van der Waals surface area contributed by atoms with Crippen LogP contribution in [-0.4, -0.2) is 0 Å². The second-order valence-electron chi connectivity index (χ2n) is 8.72. The van der Waals surface area contributed by atoms with Crippen LogP contribution in [0.1, 0.15) is 95.5 Å².